The van der Waals surface area contributed by atoms with E-state index in [4.69, 9.17) is 4.74 Å². The molecule has 0 aliphatic carbocycles. The van der Waals surface area contributed by atoms with E-state index in [0.717, 1.165) is 13.1 Å². The van der Waals surface area contributed by atoms with Gasteiger partial charge in [-0.3, -0.25) is 14.5 Å². The van der Waals surface area contributed by atoms with Crippen molar-refractivity contribution < 1.29 is 14.3 Å². The zero-order valence-electron chi connectivity index (χ0n) is 24.0. The molecule has 7 heteroatoms. The van der Waals surface area contributed by atoms with Crippen molar-refractivity contribution in [3.8, 4) is 5.75 Å². The van der Waals surface area contributed by atoms with E-state index in [2.05, 4.69) is 88.5 Å². The maximum Gasteiger partial charge on any atom is 0.256 e. The lowest BCUT2D eigenvalue weighted by atomic mass is 9.96. The summed E-state index contributed by atoms with van der Waals surface area (Å²) >= 11 is 3.52. The van der Waals surface area contributed by atoms with Crippen molar-refractivity contribution in [2.24, 2.45) is 5.92 Å². The molecule has 1 N–H and O–H groups in total. The Kier molecular flexibility index (Phi) is 9.72. The van der Waals surface area contributed by atoms with E-state index in [9.17, 15) is 9.59 Å². The SMILES string of the molecule is CC(C)COc1ccc(C(=O)Nc2ccccc2C(=O)N2CCN(C(c3ccccc3)c3ccccc3)CC2)cc1Br. The van der Waals surface area contributed by atoms with E-state index in [-0.39, 0.29) is 17.9 Å². The van der Waals surface area contributed by atoms with Crippen molar-refractivity contribution in [3.05, 3.63) is 130 Å². The van der Waals surface area contributed by atoms with E-state index in [1.54, 1.807) is 30.3 Å². The molecule has 4 aromatic carbocycles. The molecule has 0 bridgehead atoms. The molecule has 2 amide bonds. The molecule has 1 saturated heterocycles. The molecule has 0 atom stereocenters. The molecule has 5 rings (SSSR count). The average Bonchev–Trinajstić information content (AvgIpc) is 3.02. The number of carbonyl (C=O) groups is 2. The lowest BCUT2D eigenvalue weighted by molar-refractivity contribution is 0.0598. The van der Waals surface area contributed by atoms with E-state index >= 15 is 0 Å². The second-order valence-electron chi connectivity index (χ2n) is 10.9. The maximum absolute atomic E-state index is 13.7. The second-order valence-corrected chi connectivity index (χ2v) is 11.8. The van der Waals surface area contributed by atoms with E-state index < -0.39 is 0 Å². The quantitative estimate of drug-likeness (QED) is 0.212. The van der Waals surface area contributed by atoms with Crippen molar-refractivity contribution in [1.29, 1.82) is 0 Å². The van der Waals surface area contributed by atoms with Crippen LogP contribution in [-0.4, -0.2) is 54.4 Å². The van der Waals surface area contributed by atoms with Gasteiger partial charge in [0.15, 0.2) is 0 Å². The summed E-state index contributed by atoms with van der Waals surface area (Å²) in [6, 6.07) is 33.6. The smallest absolute Gasteiger partial charge is 0.256 e. The highest BCUT2D eigenvalue weighted by Crippen LogP contribution is 2.31. The van der Waals surface area contributed by atoms with Crippen LogP contribution in [0.2, 0.25) is 0 Å². The third-order valence-electron chi connectivity index (χ3n) is 7.37. The number of amides is 2. The standard InChI is InChI=1S/C35H36BrN3O3/c1-25(2)24-42-32-18-17-28(23-30(32)36)34(40)37-31-16-10-9-15-29(31)35(41)39-21-19-38(20-22-39)33(26-11-5-3-6-12-26)27-13-7-4-8-14-27/h3-18,23,25,33H,19-22,24H2,1-2H3,(H,37,40). The van der Waals surface area contributed by atoms with E-state index in [0.29, 0.717) is 52.7 Å². The minimum Gasteiger partial charge on any atom is -0.492 e. The van der Waals surface area contributed by atoms with Gasteiger partial charge in [-0.15, -0.1) is 0 Å². The van der Waals surface area contributed by atoms with E-state index in [1.165, 1.54) is 11.1 Å². The molecule has 0 saturated carbocycles. The number of nitrogens with one attached hydrogen (secondary N) is 1. The first kappa shape index (κ1) is 29.5. The number of halogens is 1. The van der Waals surface area contributed by atoms with Crippen LogP contribution in [0.25, 0.3) is 0 Å². The van der Waals surface area contributed by atoms with Gasteiger partial charge in [-0.1, -0.05) is 86.6 Å². The number of piperazine rings is 1. The number of para-hydroxylation sites is 1. The summed E-state index contributed by atoms with van der Waals surface area (Å²) in [5, 5.41) is 2.96. The normalized spacial score (nSPS) is 13.8. The zero-order valence-corrected chi connectivity index (χ0v) is 25.6. The number of nitrogens with zero attached hydrogens (tertiary/aromatic N) is 2. The molecule has 1 aliphatic rings. The molecule has 216 valence electrons. The van der Waals surface area contributed by atoms with Gasteiger partial charge in [0.05, 0.1) is 28.4 Å². The zero-order chi connectivity index (χ0) is 29.5. The van der Waals surface area contributed by atoms with Crippen LogP contribution in [-0.2, 0) is 0 Å². The predicted octanol–water partition coefficient (Wildman–Crippen LogP) is 7.28. The van der Waals surface area contributed by atoms with Crippen molar-refractivity contribution in [1.82, 2.24) is 9.80 Å². The first-order chi connectivity index (χ1) is 20.4. The Labute approximate surface area is 256 Å². The maximum atomic E-state index is 13.7. The van der Waals surface area contributed by atoms with Crippen LogP contribution >= 0.6 is 15.9 Å². The highest BCUT2D eigenvalue weighted by molar-refractivity contribution is 9.10. The third kappa shape index (κ3) is 7.09. The largest absolute Gasteiger partial charge is 0.492 e. The van der Waals surface area contributed by atoms with Gasteiger partial charge >= 0.3 is 0 Å². The summed E-state index contributed by atoms with van der Waals surface area (Å²) in [4.78, 5) is 31.2. The molecule has 0 aromatic heterocycles. The monoisotopic (exact) mass is 625 g/mol. The molecule has 0 unspecified atom stereocenters. The van der Waals surface area contributed by atoms with Crippen LogP contribution in [0.1, 0.15) is 51.7 Å². The third-order valence-corrected chi connectivity index (χ3v) is 7.99. The van der Waals surface area contributed by atoms with Crippen molar-refractivity contribution >= 4 is 33.4 Å². The molecule has 4 aromatic rings. The van der Waals surface area contributed by atoms with Crippen LogP contribution in [0, 0.1) is 5.92 Å². The van der Waals surface area contributed by atoms with Crippen molar-refractivity contribution in [2.75, 3.05) is 38.1 Å². The number of carbonyl (C=O) groups excluding carboxylic acids is 2. The molecule has 1 aliphatic heterocycles. The first-order valence-electron chi connectivity index (χ1n) is 14.4. The van der Waals surface area contributed by atoms with Gasteiger partial charge in [-0.2, -0.15) is 0 Å². The molecule has 42 heavy (non-hydrogen) atoms. The number of ether oxygens (including phenoxy) is 1. The minimum absolute atomic E-state index is 0.0832. The van der Waals surface area contributed by atoms with Gasteiger partial charge in [-0.25, -0.2) is 0 Å². The fourth-order valence-corrected chi connectivity index (χ4v) is 5.72. The van der Waals surface area contributed by atoms with Gasteiger partial charge in [0.1, 0.15) is 5.75 Å². The summed E-state index contributed by atoms with van der Waals surface area (Å²) in [5.41, 5.74) is 3.93. The fourth-order valence-electron chi connectivity index (χ4n) is 5.23. The van der Waals surface area contributed by atoms with Crippen LogP contribution in [0.4, 0.5) is 5.69 Å². The Hall–Kier alpha value is -3.94. The molecular formula is C35H36BrN3O3. The second kappa shape index (κ2) is 13.8. The summed E-state index contributed by atoms with van der Waals surface area (Å²) in [7, 11) is 0. The summed E-state index contributed by atoms with van der Waals surface area (Å²) in [6.07, 6.45) is 0. The lowest BCUT2D eigenvalue weighted by Crippen LogP contribution is -2.50. The Balaban J connectivity index is 1.27. The van der Waals surface area contributed by atoms with Crippen molar-refractivity contribution in [2.45, 2.75) is 19.9 Å². The number of rotatable bonds is 9. The predicted molar refractivity (Wildman–Crippen MR) is 171 cm³/mol. The first-order valence-corrected chi connectivity index (χ1v) is 15.2. The fraction of sp³-hybridized carbons (Fsp3) is 0.257. The number of benzene rings is 4. The number of hydrogen-bond acceptors (Lipinski definition) is 4. The summed E-state index contributed by atoms with van der Waals surface area (Å²) in [6.45, 7) is 7.44. The number of anilines is 1. The molecule has 1 fully saturated rings. The van der Waals surface area contributed by atoms with Crippen LogP contribution in [0.3, 0.4) is 0 Å². The van der Waals surface area contributed by atoms with Gasteiger partial charge in [0.2, 0.25) is 0 Å². The Morgan fingerprint density at radius 1 is 0.810 bits per heavy atom. The lowest BCUT2D eigenvalue weighted by Gasteiger charge is -2.40. The highest BCUT2D eigenvalue weighted by atomic mass is 79.9. The molecular weight excluding hydrogens is 590 g/mol. The molecule has 0 radical (unpaired) electrons. The van der Waals surface area contributed by atoms with Gasteiger partial charge in [-0.05, 0) is 63.3 Å². The Morgan fingerprint density at radius 2 is 1.40 bits per heavy atom. The van der Waals surface area contributed by atoms with Crippen LogP contribution in [0.5, 0.6) is 5.75 Å². The van der Waals surface area contributed by atoms with Gasteiger partial charge in [0.25, 0.3) is 11.8 Å². The van der Waals surface area contributed by atoms with Gasteiger partial charge < -0.3 is 15.0 Å². The Bertz CT molecular complexity index is 1460. The summed E-state index contributed by atoms with van der Waals surface area (Å²) < 4.78 is 6.52. The molecule has 1 heterocycles. The molecule has 0 spiro atoms. The topological polar surface area (TPSA) is 61.9 Å². The highest BCUT2D eigenvalue weighted by Gasteiger charge is 2.29. The average molecular weight is 627 g/mol. The van der Waals surface area contributed by atoms with Crippen LogP contribution in [0.15, 0.2) is 108 Å². The van der Waals surface area contributed by atoms with E-state index in [1.807, 2.05) is 29.2 Å². The Morgan fingerprint density at radius 3 is 2.00 bits per heavy atom. The van der Waals surface area contributed by atoms with Crippen molar-refractivity contribution in [3.63, 3.8) is 0 Å². The van der Waals surface area contributed by atoms with Gasteiger partial charge in [0, 0.05) is 31.7 Å². The number of hydrogen-bond donors (Lipinski definition) is 1. The minimum atomic E-state index is -0.287. The molecule has 6 nitrogen and oxygen atoms in total. The summed E-state index contributed by atoms with van der Waals surface area (Å²) in [5.74, 6) is 0.715. The van der Waals surface area contributed by atoms with Crippen LogP contribution < -0.4 is 10.1 Å².